The molecule has 0 saturated carbocycles. The smallest absolute Gasteiger partial charge is 0.272 e. The molecule has 0 aliphatic carbocycles. The lowest BCUT2D eigenvalue weighted by Gasteiger charge is -2.29. The van der Waals surface area contributed by atoms with Crippen LogP contribution < -0.4 is 10.6 Å². The summed E-state index contributed by atoms with van der Waals surface area (Å²) >= 11 is 0. The number of anilines is 1. The molecule has 29 heavy (non-hydrogen) atoms. The van der Waals surface area contributed by atoms with Crippen LogP contribution in [0.3, 0.4) is 0 Å². The minimum absolute atomic E-state index is 0.118. The summed E-state index contributed by atoms with van der Waals surface area (Å²) in [5.41, 5.74) is 8.62. The number of nitrogens with zero attached hydrogens (tertiary/aromatic N) is 6. The summed E-state index contributed by atoms with van der Waals surface area (Å²) in [5, 5.41) is 4.58. The van der Waals surface area contributed by atoms with Crippen LogP contribution in [0.15, 0.2) is 24.5 Å². The number of amides is 2. The Bertz CT molecular complexity index is 1150. The van der Waals surface area contributed by atoms with E-state index < -0.39 is 5.91 Å². The fraction of sp³-hybridized carbons (Fsp3) is 0.316. The quantitative estimate of drug-likeness (QED) is 0.680. The van der Waals surface area contributed by atoms with Crippen molar-refractivity contribution in [3.05, 3.63) is 41.3 Å². The van der Waals surface area contributed by atoms with Crippen LogP contribution in [0.25, 0.3) is 16.9 Å². The van der Waals surface area contributed by atoms with Gasteiger partial charge in [-0.25, -0.2) is 14.5 Å². The van der Waals surface area contributed by atoms with Crippen LogP contribution in [0, 0.1) is 0 Å². The van der Waals surface area contributed by atoms with Gasteiger partial charge in [-0.2, -0.15) is 5.10 Å². The Morgan fingerprint density at radius 1 is 1.24 bits per heavy atom. The molecule has 2 aliphatic rings. The average Bonchev–Trinajstić information content (AvgIpc) is 3.25. The maximum Gasteiger partial charge on any atom is 0.272 e. The number of aromatic nitrogens is 4. The van der Waals surface area contributed by atoms with Crippen LogP contribution in [0.5, 0.6) is 0 Å². The lowest BCUT2D eigenvalue weighted by Crippen LogP contribution is -2.37. The van der Waals surface area contributed by atoms with E-state index in [9.17, 15) is 9.59 Å². The molecule has 3 aromatic heterocycles. The molecule has 0 aromatic carbocycles. The van der Waals surface area contributed by atoms with Crippen LogP contribution in [-0.2, 0) is 11.3 Å². The molecule has 10 heteroatoms. The highest BCUT2D eigenvalue weighted by atomic mass is 16.5. The molecule has 1 fully saturated rings. The topological polar surface area (TPSA) is 119 Å². The van der Waals surface area contributed by atoms with E-state index in [0.717, 1.165) is 5.56 Å². The molecule has 5 rings (SSSR count). The monoisotopic (exact) mass is 393 g/mol. The first-order valence-corrected chi connectivity index (χ1v) is 9.30. The molecule has 0 spiro atoms. The van der Waals surface area contributed by atoms with E-state index in [0.29, 0.717) is 61.3 Å². The Morgan fingerprint density at radius 3 is 2.79 bits per heavy atom. The van der Waals surface area contributed by atoms with E-state index in [1.54, 1.807) is 30.4 Å². The summed E-state index contributed by atoms with van der Waals surface area (Å²) in [7, 11) is 1.74. The van der Waals surface area contributed by atoms with Crippen molar-refractivity contribution in [2.45, 2.75) is 6.54 Å². The van der Waals surface area contributed by atoms with Crippen molar-refractivity contribution in [3.63, 3.8) is 0 Å². The van der Waals surface area contributed by atoms with Gasteiger partial charge in [0.15, 0.2) is 5.65 Å². The van der Waals surface area contributed by atoms with Crippen molar-refractivity contribution in [2.24, 2.45) is 5.73 Å². The summed E-state index contributed by atoms with van der Waals surface area (Å²) in [6.45, 7) is 2.82. The maximum atomic E-state index is 12.5. The minimum Gasteiger partial charge on any atom is -0.378 e. The highest BCUT2D eigenvalue weighted by molar-refractivity contribution is 6.06. The number of ether oxygens (including phenoxy) is 1. The van der Waals surface area contributed by atoms with Gasteiger partial charge >= 0.3 is 0 Å². The lowest BCUT2D eigenvalue weighted by atomic mass is 10.0. The highest BCUT2D eigenvalue weighted by Gasteiger charge is 2.32. The van der Waals surface area contributed by atoms with Crippen molar-refractivity contribution < 1.29 is 14.3 Å². The van der Waals surface area contributed by atoms with E-state index in [1.807, 2.05) is 11.0 Å². The zero-order chi connectivity index (χ0) is 20.1. The Hall–Kier alpha value is -3.53. The Kier molecular flexibility index (Phi) is 3.95. The summed E-state index contributed by atoms with van der Waals surface area (Å²) < 4.78 is 6.99. The van der Waals surface area contributed by atoms with Crippen molar-refractivity contribution in [3.8, 4) is 11.3 Å². The van der Waals surface area contributed by atoms with E-state index in [1.165, 1.54) is 4.52 Å². The second-order valence-electron chi connectivity index (χ2n) is 7.10. The van der Waals surface area contributed by atoms with Crippen molar-refractivity contribution in [2.75, 3.05) is 38.3 Å². The van der Waals surface area contributed by atoms with E-state index >= 15 is 0 Å². The number of primary amides is 1. The number of pyridine rings is 1. The Balaban J connectivity index is 1.78. The maximum absolute atomic E-state index is 12.5. The number of fused-ring (bicyclic) bond motifs is 2. The Labute approximate surface area is 165 Å². The van der Waals surface area contributed by atoms with E-state index in [-0.39, 0.29) is 11.5 Å². The highest BCUT2D eigenvalue weighted by Crippen LogP contribution is 2.36. The number of hydrogen-bond donors (Lipinski definition) is 1. The lowest BCUT2D eigenvalue weighted by molar-refractivity contribution is 0.0812. The van der Waals surface area contributed by atoms with Gasteiger partial charge < -0.3 is 20.3 Å². The summed E-state index contributed by atoms with van der Waals surface area (Å²) in [6, 6.07) is 3.62. The number of morpholine rings is 1. The largest absolute Gasteiger partial charge is 0.378 e. The van der Waals surface area contributed by atoms with Gasteiger partial charge in [0.25, 0.3) is 11.8 Å². The van der Waals surface area contributed by atoms with Gasteiger partial charge in [0.1, 0.15) is 22.8 Å². The predicted molar refractivity (Wildman–Crippen MR) is 104 cm³/mol. The number of carbonyl (C=O) groups is 2. The number of hydrogen-bond acceptors (Lipinski definition) is 7. The number of nitrogens with two attached hydrogens (primary N) is 1. The molecule has 2 aliphatic heterocycles. The minimum atomic E-state index is -0.615. The number of rotatable bonds is 3. The summed E-state index contributed by atoms with van der Waals surface area (Å²) in [4.78, 5) is 37.5. The third kappa shape index (κ3) is 2.71. The molecule has 1 saturated heterocycles. The van der Waals surface area contributed by atoms with E-state index in [4.69, 9.17) is 15.5 Å². The fourth-order valence-corrected chi connectivity index (χ4v) is 3.85. The molecule has 148 valence electrons. The van der Waals surface area contributed by atoms with Crippen LogP contribution in [0.2, 0.25) is 0 Å². The first kappa shape index (κ1) is 17.6. The molecule has 3 aromatic rings. The third-order valence-corrected chi connectivity index (χ3v) is 5.25. The Morgan fingerprint density at radius 2 is 2.03 bits per heavy atom. The second kappa shape index (κ2) is 6.52. The second-order valence-corrected chi connectivity index (χ2v) is 7.10. The van der Waals surface area contributed by atoms with Crippen LogP contribution in [0.4, 0.5) is 5.82 Å². The molecule has 2 amide bonds. The molecule has 0 atom stereocenters. The molecule has 0 bridgehead atoms. The summed E-state index contributed by atoms with van der Waals surface area (Å²) in [6.07, 6.45) is 3.30. The molecule has 5 heterocycles. The van der Waals surface area contributed by atoms with Gasteiger partial charge in [-0.05, 0) is 12.1 Å². The van der Waals surface area contributed by atoms with Crippen molar-refractivity contribution in [1.82, 2.24) is 24.5 Å². The SMILES string of the molecule is CN1Cc2cc(-c3nn4cccnc4c3C(N)=O)c(N3CCOCC3)nc2C1=O. The zero-order valence-corrected chi connectivity index (χ0v) is 15.8. The normalized spacial score (nSPS) is 16.5. The molecule has 0 radical (unpaired) electrons. The van der Waals surface area contributed by atoms with Crippen molar-refractivity contribution >= 4 is 23.3 Å². The van der Waals surface area contributed by atoms with Crippen LogP contribution in [0.1, 0.15) is 26.4 Å². The van der Waals surface area contributed by atoms with Gasteiger partial charge in [0.2, 0.25) is 0 Å². The predicted octanol–water partition coefficient (Wildman–Crippen LogP) is 0.312. The van der Waals surface area contributed by atoms with Crippen LogP contribution >= 0.6 is 0 Å². The van der Waals surface area contributed by atoms with Gasteiger partial charge in [0.05, 0.1) is 13.2 Å². The van der Waals surface area contributed by atoms with Crippen LogP contribution in [-0.4, -0.2) is 69.6 Å². The van der Waals surface area contributed by atoms with Gasteiger partial charge in [-0.15, -0.1) is 0 Å². The molecule has 10 nitrogen and oxygen atoms in total. The zero-order valence-electron chi connectivity index (χ0n) is 15.8. The number of carbonyl (C=O) groups excluding carboxylic acids is 2. The first-order chi connectivity index (χ1) is 14.0. The first-order valence-electron chi connectivity index (χ1n) is 9.30. The molecule has 2 N–H and O–H groups in total. The third-order valence-electron chi connectivity index (χ3n) is 5.25. The fourth-order valence-electron chi connectivity index (χ4n) is 3.85. The van der Waals surface area contributed by atoms with E-state index in [2.05, 4.69) is 10.1 Å². The van der Waals surface area contributed by atoms with Gasteiger partial charge in [-0.3, -0.25) is 9.59 Å². The average molecular weight is 393 g/mol. The molecular formula is C19H19N7O3. The van der Waals surface area contributed by atoms with Gasteiger partial charge in [0, 0.05) is 50.2 Å². The summed E-state index contributed by atoms with van der Waals surface area (Å²) in [5.74, 6) is -0.134. The molecule has 0 unspecified atom stereocenters. The molecular weight excluding hydrogens is 374 g/mol. The standard InChI is InChI=1S/C19H19N7O3/c1-24-10-11-9-12(15-13(16(20)27)18-21-3-2-4-26(18)23-15)17(22-14(11)19(24)28)25-5-7-29-8-6-25/h2-4,9H,5-8,10H2,1H3,(H2,20,27). The van der Waals surface area contributed by atoms with Crippen molar-refractivity contribution in [1.29, 1.82) is 0 Å². The van der Waals surface area contributed by atoms with Gasteiger partial charge in [-0.1, -0.05) is 0 Å².